The molecule has 282 valence electrons. The molecule has 18 heteroatoms. The van der Waals surface area contributed by atoms with Crippen LogP contribution in [-0.4, -0.2) is 72.4 Å². The number of halogens is 2. The summed E-state index contributed by atoms with van der Waals surface area (Å²) in [7, 11) is 1.27. The second kappa shape index (κ2) is 16.0. The standard InChI is InChI=1S/C19H18FN5O3.C18H17FN6OS/c1-27-18(26)14-10-28-17(23-14)13-5-6-15(25-24-13)22-11-19(7-3-8-19)16-12(20)4-2-9-21-16;19-11-3-1-8-21-15(11)18(6-2-7-18)10-23-14-5-4-12(24-25-14)17-22-9-13(27-17)16(20)26/h2,4-6,9-10H,3,7-8,11H2,1H3,(H,22,25);1,3-5,8-9H,2,6-7,10H2,(H2,20,26)(H,23,25). The number of nitrogens with two attached hydrogens (primary N) is 1. The van der Waals surface area contributed by atoms with Gasteiger partial charge in [0, 0.05) is 36.3 Å². The third-order valence-electron chi connectivity index (χ3n) is 9.77. The number of amides is 1. The molecule has 0 bridgehead atoms. The first-order chi connectivity index (χ1) is 26.7. The number of thiazole rings is 1. The fourth-order valence-electron chi connectivity index (χ4n) is 6.45. The number of esters is 1. The molecule has 1 amide bonds. The molecule has 2 aliphatic carbocycles. The number of ether oxygens (including phenoxy) is 1. The SMILES string of the molecule is COC(=O)c1coc(-c2ccc(NCC3(c4ncccc4F)CCC3)nn2)n1.NC(=O)c1cnc(-c2ccc(NCC3(c4ncccc4F)CCC3)nn2)s1. The summed E-state index contributed by atoms with van der Waals surface area (Å²) in [6.07, 6.45) is 11.5. The third kappa shape index (κ3) is 7.98. The van der Waals surface area contributed by atoms with Crippen LogP contribution in [0.3, 0.4) is 0 Å². The number of hydrogen-bond donors (Lipinski definition) is 3. The lowest BCUT2D eigenvalue weighted by atomic mass is 9.66. The quantitative estimate of drug-likeness (QED) is 0.127. The average molecular weight is 768 g/mol. The predicted octanol–water partition coefficient (Wildman–Crippen LogP) is 5.75. The highest BCUT2D eigenvalue weighted by Gasteiger charge is 2.43. The van der Waals surface area contributed by atoms with Crippen molar-refractivity contribution in [2.45, 2.75) is 49.4 Å². The smallest absolute Gasteiger partial charge is 0.360 e. The van der Waals surface area contributed by atoms with Gasteiger partial charge in [0.2, 0.25) is 5.89 Å². The molecule has 8 rings (SSSR count). The third-order valence-corrected chi connectivity index (χ3v) is 10.8. The minimum Gasteiger partial charge on any atom is -0.464 e. The van der Waals surface area contributed by atoms with Crippen molar-refractivity contribution in [1.29, 1.82) is 0 Å². The molecular weight excluding hydrogens is 733 g/mol. The maximum absolute atomic E-state index is 14.2. The Kier molecular flexibility index (Phi) is 10.8. The van der Waals surface area contributed by atoms with Crippen LogP contribution in [0, 0.1) is 11.6 Å². The second-order valence-electron chi connectivity index (χ2n) is 13.2. The molecule has 4 N–H and O–H groups in total. The van der Waals surface area contributed by atoms with E-state index >= 15 is 0 Å². The van der Waals surface area contributed by atoms with E-state index in [-0.39, 0.29) is 34.0 Å². The van der Waals surface area contributed by atoms with E-state index in [9.17, 15) is 18.4 Å². The molecule has 2 fully saturated rings. The van der Waals surface area contributed by atoms with E-state index in [1.165, 1.54) is 43.0 Å². The molecule has 15 nitrogen and oxygen atoms in total. The Morgan fingerprint density at radius 3 is 1.82 bits per heavy atom. The molecule has 2 aliphatic rings. The van der Waals surface area contributed by atoms with E-state index in [1.54, 1.807) is 48.8 Å². The number of anilines is 2. The maximum atomic E-state index is 14.2. The lowest BCUT2D eigenvalue weighted by molar-refractivity contribution is 0.0594. The van der Waals surface area contributed by atoms with E-state index in [1.807, 2.05) is 0 Å². The summed E-state index contributed by atoms with van der Waals surface area (Å²) in [5.41, 5.74) is 6.61. The van der Waals surface area contributed by atoms with Crippen molar-refractivity contribution in [3.8, 4) is 22.3 Å². The number of rotatable bonds is 12. The van der Waals surface area contributed by atoms with Crippen molar-refractivity contribution in [1.82, 2.24) is 40.3 Å². The van der Waals surface area contributed by atoms with Crippen LogP contribution in [0.5, 0.6) is 0 Å². The van der Waals surface area contributed by atoms with Crippen molar-refractivity contribution in [3.63, 3.8) is 0 Å². The van der Waals surface area contributed by atoms with E-state index in [2.05, 4.69) is 55.7 Å². The Labute approximate surface area is 317 Å². The number of carbonyl (C=O) groups excluding carboxylic acids is 2. The number of aromatic nitrogens is 8. The molecule has 55 heavy (non-hydrogen) atoms. The molecule has 0 atom stereocenters. The van der Waals surface area contributed by atoms with Gasteiger partial charge in [0.05, 0.1) is 24.7 Å². The first-order valence-electron chi connectivity index (χ1n) is 17.4. The van der Waals surface area contributed by atoms with Crippen LogP contribution in [0.15, 0.2) is 77.8 Å². The van der Waals surface area contributed by atoms with E-state index in [0.29, 0.717) is 57.4 Å². The van der Waals surface area contributed by atoms with Gasteiger partial charge in [-0.15, -0.1) is 31.7 Å². The zero-order valence-corrected chi connectivity index (χ0v) is 30.4. The Morgan fingerprint density at radius 2 is 1.38 bits per heavy atom. The lowest BCUT2D eigenvalue weighted by Gasteiger charge is -2.41. The number of pyridine rings is 2. The zero-order valence-electron chi connectivity index (χ0n) is 29.5. The van der Waals surface area contributed by atoms with Crippen molar-refractivity contribution < 1.29 is 27.5 Å². The minimum atomic E-state index is -0.589. The van der Waals surface area contributed by atoms with Gasteiger partial charge in [-0.1, -0.05) is 12.8 Å². The average Bonchev–Trinajstić information content (AvgIpc) is 3.88. The summed E-state index contributed by atoms with van der Waals surface area (Å²) >= 11 is 1.17. The Hall–Kier alpha value is -6.30. The van der Waals surface area contributed by atoms with Crippen LogP contribution >= 0.6 is 11.3 Å². The van der Waals surface area contributed by atoms with Crippen LogP contribution in [0.1, 0.15) is 70.1 Å². The predicted molar refractivity (Wildman–Crippen MR) is 197 cm³/mol. The highest BCUT2D eigenvalue weighted by molar-refractivity contribution is 7.16. The molecule has 0 unspecified atom stereocenters. The number of primary amides is 1. The van der Waals surface area contributed by atoms with E-state index < -0.39 is 11.9 Å². The molecular formula is C37H35F2N11O4S. The number of nitrogens with one attached hydrogen (secondary N) is 2. The van der Waals surface area contributed by atoms with Gasteiger partial charge in [-0.3, -0.25) is 14.8 Å². The summed E-state index contributed by atoms with van der Waals surface area (Å²) in [6, 6.07) is 13.1. The Balaban J connectivity index is 0.000000169. The molecule has 6 heterocycles. The number of nitrogens with zero attached hydrogens (tertiary/aromatic N) is 8. The first-order valence-corrected chi connectivity index (χ1v) is 18.2. The van der Waals surface area contributed by atoms with Crippen LogP contribution in [0.25, 0.3) is 22.3 Å². The van der Waals surface area contributed by atoms with Gasteiger partial charge < -0.3 is 25.5 Å². The normalized spacial score (nSPS) is 15.0. The summed E-state index contributed by atoms with van der Waals surface area (Å²) in [6.45, 7) is 1.05. The molecule has 0 spiro atoms. The molecule has 0 aliphatic heterocycles. The monoisotopic (exact) mass is 767 g/mol. The molecule has 0 radical (unpaired) electrons. The highest BCUT2D eigenvalue weighted by Crippen LogP contribution is 2.44. The first kappa shape index (κ1) is 37.0. The van der Waals surface area contributed by atoms with Gasteiger partial charge in [-0.25, -0.2) is 23.5 Å². The van der Waals surface area contributed by atoms with Crippen molar-refractivity contribution in [2.75, 3.05) is 30.8 Å². The van der Waals surface area contributed by atoms with Crippen molar-refractivity contribution in [2.24, 2.45) is 5.73 Å². The van der Waals surface area contributed by atoms with Crippen molar-refractivity contribution >= 4 is 34.8 Å². The number of methoxy groups -OCH3 is 1. The number of oxazole rings is 1. The molecule has 0 saturated heterocycles. The molecule has 2 saturated carbocycles. The Morgan fingerprint density at radius 1 is 0.818 bits per heavy atom. The summed E-state index contributed by atoms with van der Waals surface area (Å²) in [5, 5.41) is 23.5. The summed E-state index contributed by atoms with van der Waals surface area (Å²) in [5.74, 6) is -0.346. The van der Waals surface area contributed by atoms with Crippen LogP contribution in [-0.2, 0) is 15.6 Å². The van der Waals surface area contributed by atoms with E-state index in [0.717, 1.165) is 38.5 Å². The number of carbonyl (C=O) groups is 2. The van der Waals surface area contributed by atoms with Crippen LogP contribution in [0.2, 0.25) is 0 Å². The van der Waals surface area contributed by atoms with Gasteiger partial charge in [-0.2, -0.15) is 0 Å². The molecule has 6 aromatic heterocycles. The summed E-state index contributed by atoms with van der Waals surface area (Å²) < 4.78 is 38.2. The molecule has 6 aromatic rings. The van der Waals surface area contributed by atoms with Gasteiger partial charge in [0.25, 0.3) is 5.91 Å². The largest absolute Gasteiger partial charge is 0.464 e. The second-order valence-corrected chi connectivity index (χ2v) is 14.2. The minimum absolute atomic E-state index is 0.0609. The van der Waals surface area contributed by atoms with Gasteiger partial charge in [0.1, 0.15) is 50.8 Å². The zero-order chi connectivity index (χ0) is 38.4. The maximum Gasteiger partial charge on any atom is 0.360 e. The molecule has 0 aromatic carbocycles. The Bertz CT molecular complexity index is 2280. The van der Waals surface area contributed by atoms with Gasteiger partial charge >= 0.3 is 5.97 Å². The number of hydrogen-bond acceptors (Lipinski definition) is 15. The lowest BCUT2D eigenvalue weighted by Crippen LogP contribution is -2.42. The van der Waals surface area contributed by atoms with Gasteiger partial charge in [-0.05, 0) is 74.2 Å². The highest BCUT2D eigenvalue weighted by atomic mass is 32.1. The van der Waals surface area contributed by atoms with Crippen LogP contribution in [0.4, 0.5) is 20.4 Å². The summed E-state index contributed by atoms with van der Waals surface area (Å²) in [4.78, 5) is 39.7. The van der Waals surface area contributed by atoms with Crippen LogP contribution < -0.4 is 16.4 Å². The van der Waals surface area contributed by atoms with E-state index in [4.69, 9.17) is 10.2 Å². The van der Waals surface area contributed by atoms with Gasteiger partial charge in [0.15, 0.2) is 5.69 Å². The van der Waals surface area contributed by atoms with Crippen molar-refractivity contribution in [3.05, 3.63) is 107 Å². The topological polar surface area (TPSA) is 210 Å². The fourth-order valence-corrected chi connectivity index (χ4v) is 7.18. The fraction of sp³-hybridized carbons (Fsp3) is 0.297.